The standard InChI is InChI=1S/C17H13ClFNO2/c18-16-11-15(19)9-8-14(16)7-4-10-20-17(21)22-12-13-5-2-1-3-6-13/h1-3,5-6,8-9,11H,10,12H2,(H,20,21). The Hall–Kier alpha value is -2.51. The van der Waals surface area contributed by atoms with Gasteiger partial charge in [-0.2, -0.15) is 0 Å². The molecule has 0 aliphatic heterocycles. The summed E-state index contributed by atoms with van der Waals surface area (Å²) in [5, 5.41) is 2.74. The van der Waals surface area contributed by atoms with E-state index >= 15 is 0 Å². The van der Waals surface area contributed by atoms with Gasteiger partial charge in [0, 0.05) is 5.56 Å². The zero-order chi connectivity index (χ0) is 15.8. The molecule has 3 nitrogen and oxygen atoms in total. The average molecular weight is 318 g/mol. The monoisotopic (exact) mass is 317 g/mol. The molecule has 2 aromatic rings. The number of hydrogen-bond acceptors (Lipinski definition) is 2. The van der Waals surface area contributed by atoms with Crippen LogP contribution in [-0.2, 0) is 11.3 Å². The van der Waals surface area contributed by atoms with E-state index in [1.165, 1.54) is 18.2 Å². The van der Waals surface area contributed by atoms with Gasteiger partial charge in [-0.15, -0.1) is 0 Å². The second-order valence-corrected chi connectivity index (χ2v) is 4.75. The molecule has 0 aliphatic carbocycles. The Labute approximate surface area is 133 Å². The van der Waals surface area contributed by atoms with Crippen LogP contribution in [-0.4, -0.2) is 12.6 Å². The minimum absolute atomic E-state index is 0.112. The Morgan fingerprint density at radius 1 is 1.23 bits per heavy atom. The van der Waals surface area contributed by atoms with Crippen molar-refractivity contribution < 1.29 is 13.9 Å². The predicted octanol–water partition coefficient (Wildman–Crippen LogP) is 3.76. The van der Waals surface area contributed by atoms with E-state index in [1.54, 1.807) is 0 Å². The number of alkyl carbamates (subject to hydrolysis) is 1. The Bertz CT molecular complexity index is 708. The Morgan fingerprint density at radius 2 is 2.00 bits per heavy atom. The van der Waals surface area contributed by atoms with Crippen LogP contribution < -0.4 is 5.32 Å². The summed E-state index contributed by atoms with van der Waals surface area (Å²) in [6.07, 6.45) is -0.552. The van der Waals surface area contributed by atoms with E-state index in [-0.39, 0.29) is 18.2 Å². The van der Waals surface area contributed by atoms with Crippen LogP contribution in [0.5, 0.6) is 0 Å². The SMILES string of the molecule is O=C(NCC#Cc1ccc(F)cc1Cl)OCc1ccccc1. The van der Waals surface area contributed by atoms with Gasteiger partial charge in [0.25, 0.3) is 0 Å². The van der Waals surface area contributed by atoms with Crippen molar-refractivity contribution in [3.63, 3.8) is 0 Å². The van der Waals surface area contributed by atoms with Gasteiger partial charge in [-0.05, 0) is 23.8 Å². The van der Waals surface area contributed by atoms with Gasteiger partial charge in [-0.25, -0.2) is 9.18 Å². The summed E-state index contributed by atoms with van der Waals surface area (Å²) in [6.45, 7) is 0.311. The van der Waals surface area contributed by atoms with E-state index in [2.05, 4.69) is 17.2 Å². The highest BCUT2D eigenvalue weighted by molar-refractivity contribution is 6.31. The van der Waals surface area contributed by atoms with Crippen LogP contribution in [0.25, 0.3) is 0 Å². The highest BCUT2D eigenvalue weighted by Gasteiger charge is 2.01. The maximum Gasteiger partial charge on any atom is 0.408 e. The molecule has 0 saturated heterocycles. The molecule has 0 aromatic heterocycles. The molecule has 0 spiro atoms. The van der Waals surface area contributed by atoms with Crippen LogP contribution >= 0.6 is 11.6 Å². The largest absolute Gasteiger partial charge is 0.445 e. The van der Waals surface area contributed by atoms with E-state index in [0.717, 1.165) is 5.56 Å². The first-order valence-electron chi connectivity index (χ1n) is 6.53. The third-order valence-electron chi connectivity index (χ3n) is 2.69. The number of hydrogen-bond donors (Lipinski definition) is 1. The zero-order valence-electron chi connectivity index (χ0n) is 11.6. The van der Waals surface area contributed by atoms with Crippen molar-refractivity contribution in [3.05, 3.63) is 70.5 Å². The van der Waals surface area contributed by atoms with Gasteiger partial charge in [0.15, 0.2) is 0 Å². The number of ether oxygens (including phenoxy) is 1. The molecule has 1 amide bonds. The molecular weight excluding hydrogens is 305 g/mol. The predicted molar refractivity (Wildman–Crippen MR) is 82.9 cm³/mol. The number of carbonyl (C=O) groups excluding carboxylic acids is 1. The Balaban J connectivity index is 1.76. The highest BCUT2D eigenvalue weighted by atomic mass is 35.5. The second-order valence-electron chi connectivity index (χ2n) is 4.34. The molecule has 0 atom stereocenters. The molecule has 0 saturated carbocycles. The first-order chi connectivity index (χ1) is 10.6. The molecule has 2 aromatic carbocycles. The Kier molecular flexibility index (Phi) is 5.81. The molecular formula is C17H13ClFNO2. The van der Waals surface area contributed by atoms with Gasteiger partial charge in [-0.3, -0.25) is 0 Å². The van der Waals surface area contributed by atoms with Crippen LogP contribution in [0.3, 0.4) is 0 Å². The van der Waals surface area contributed by atoms with E-state index in [0.29, 0.717) is 5.56 Å². The number of rotatable bonds is 3. The quantitative estimate of drug-likeness (QED) is 0.875. The number of amides is 1. The van der Waals surface area contributed by atoms with Crippen molar-refractivity contribution in [1.82, 2.24) is 5.32 Å². The average Bonchev–Trinajstić information content (AvgIpc) is 2.52. The minimum Gasteiger partial charge on any atom is -0.445 e. The first-order valence-corrected chi connectivity index (χ1v) is 6.91. The minimum atomic E-state index is -0.552. The zero-order valence-corrected chi connectivity index (χ0v) is 12.4. The summed E-state index contributed by atoms with van der Waals surface area (Å²) >= 11 is 5.83. The van der Waals surface area contributed by atoms with Gasteiger partial charge >= 0.3 is 6.09 Å². The molecule has 112 valence electrons. The van der Waals surface area contributed by atoms with Crippen molar-refractivity contribution in [2.45, 2.75) is 6.61 Å². The van der Waals surface area contributed by atoms with E-state index in [9.17, 15) is 9.18 Å². The Morgan fingerprint density at radius 3 is 2.73 bits per heavy atom. The summed E-state index contributed by atoms with van der Waals surface area (Å²) in [5.41, 5.74) is 1.41. The topological polar surface area (TPSA) is 38.3 Å². The molecule has 1 N–H and O–H groups in total. The first kappa shape index (κ1) is 15.9. The van der Waals surface area contributed by atoms with E-state index in [4.69, 9.17) is 16.3 Å². The van der Waals surface area contributed by atoms with E-state index in [1.807, 2.05) is 30.3 Å². The van der Waals surface area contributed by atoms with Crippen LogP contribution in [0.4, 0.5) is 9.18 Å². The number of benzene rings is 2. The molecule has 0 unspecified atom stereocenters. The maximum absolute atomic E-state index is 12.9. The van der Waals surface area contributed by atoms with Crippen LogP contribution in [0.15, 0.2) is 48.5 Å². The normalized spacial score (nSPS) is 9.55. The lowest BCUT2D eigenvalue weighted by Gasteiger charge is -2.04. The van der Waals surface area contributed by atoms with Gasteiger partial charge in [0.05, 0.1) is 11.6 Å². The molecule has 0 aliphatic rings. The molecule has 5 heteroatoms. The lowest BCUT2D eigenvalue weighted by atomic mass is 10.2. The second kappa shape index (κ2) is 8.06. The fourth-order valence-corrected chi connectivity index (χ4v) is 1.84. The summed E-state index contributed by atoms with van der Waals surface area (Å²) in [4.78, 5) is 11.5. The third-order valence-corrected chi connectivity index (χ3v) is 3.00. The van der Waals surface area contributed by atoms with E-state index < -0.39 is 11.9 Å². The molecule has 22 heavy (non-hydrogen) atoms. The van der Waals surface area contributed by atoms with Crippen molar-refractivity contribution in [2.24, 2.45) is 0 Å². The molecule has 2 rings (SSSR count). The molecule has 0 fully saturated rings. The fraction of sp³-hybridized carbons (Fsp3) is 0.118. The summed E-state index contributed by atoms with van der Waals surface area (Å²) in [6, 6.07) is 13.3. The number of nitrogens with one attached hydrogen (secondary N) is 1. The van der Waals surface area contributed by atoms with Crippen molar-refractivity contribution >= 4 is 17.7 Å². The smallest absolute Gasteiger partial charge is 0.408 e. The summed E-state index contributed by atoms with van der Waals surface area (Å²) in [5.74, 6) is 5.05. The van der Waals surface area contributed by atoms with Crippen molar-refractivity contribution in [3.8, 4) is 11.8 Å². The van der Waals surface area contributed by atoms with Crippen LogP contribution in [0.2, 0.25) is 5.02 Å². The van der Waals surface area contributed by atoms with Crippen molar-refractivity contribution in [2.75, 3.05) is 6.54 Å². The summed E-state index contributed by atoms with van der Waals surface area (Å²) < 4.78 is 17.9. The maximum atomic E-state index is 12.9. The van der Waals surface area contributed by atoms with Gasteiger partial charge in [0.1, 0.15) is 12.4 Å². The summed E-state index contributed by atoms with van der Waals surface area (Å²) in [7, 11) is 0. The van der Waals surface area contributed by atoms with Crippen molar-refractivity contribution in [1.29, 1.82) is 0 Å². The lowest BCUT2D eigenvalue weighted by molar-refractivity contribution is 0.141. The van der Waals surface area contributed by atoms with Gasteiger partial charge in [0.2, 0.25) is 0 Å². The number of halogens is 2. The molecule has 0 radical (unpaired) electrons. The fourth-order valence-electron chi connectivity index (χ4n) is 1.62. The highest BCUT2D eigenvalue weighted by Crippen LogP contribution is 2.15. The molecule has 0 heterocycles. The molecule has 0 bridgehead atoms. The van der Waals surface area contributed by atoms with Gasteiger partial charge < -0.3 is 10.1 Å². The van der Waals surface area contributed by atoms with Crippen LogP contribution in [0.1, 0.15) is 11.1 Å². The van der Waals surface area contributed by atoms with Gasteiger partial charge in [-0.1, -0.05) is 53.8 Å². The lowest BCUT2D eigenvalue weighted by Crippen LogP contribution is -2.24. The number of carbonyl (C=O) groups is 1. The van der Waals surface area contributed by atoms with Crippen LogP contribution in [0, 0.1) is 17.7 Å². The third kappa shape index (κ3) is 5.12.